The lowest BCUT2D eigenvalue weighted by Gasteiger charge is -2.17. The minimum absolute atomic E-state index is 0.206. The number of aromatic nitrogens is 2. The number of unbranched alkanes of at least 4 members (excludes halogenated alkanes) is 1. The smallest absolute Gasteiger partial charge is 0.340 e. The maximum atomic E-state index is 12.9. The number of rotatable bonds is 12. The van der Waals surface area contributed by atoms with Crippen LogP contribution in [0.15, 0.2) is 109 Å². The third kappa shape index (κ3) is 7.10. The number of carbonyl (C=O) groups excluding carboxylic acids is 1. The van der Waals surface area contributed by atoms with E-state index in [1.807, 2.05) is 97.1 Å². The summed E-state index contributed by atoms with van der Waals surface area (Å²) in [4.78, 5) is 22.4. The van der Waals surface area contributed by atoms with E-state index < -0.39 is 12.1 Å². The highest BCUT2D eigenvalue weighted by molar-refractivity contribution is 5.85. The average Bonchev–Trinajstić information content (AvgIpc) is 3.00. The van der Waals surface area contributed by atoms with E-state index in [1.54, 1.807) is 0 Å². The van der Waals surface area contributed by atoms with E-state index in [2.05, 4.69) is 19.1 Å². The third-order valence-corrected chi connectivity index (χ3v) is 6.48. The Labute approximate surface area is 234 Å². The van der Waals surface area contributed by atoms with Crippen LogP contribution in [0, 0.1) is 6.92 Å². The molecule has 0 bridgehead atoms. The first-order chi connectivity index (χ1) is 19.7. The zero-order valence-corrected chi connectivity index (χ0v) is 22.5. The van der Waals surface area contributed by atoms with Crippen molar-refractivity contribution in [2.75, 3.05) is 13.2 Å². The molecule has 0 aliphatic carbocycles. The van der Waals surface area contributed by atoms with Crippen LogP contribution < -0.4 is 4.74 Å². The predicted octanol–water partition coefficient (Wildman–Crippen LogP) is 7.27. The number of nitrogens with zero attached hydrogens (tertiary/aromatic N) is 2. The molecule has 0 amide bonds. The van der Waals surface area contributed by atoms with Gasteiger partial charge in [-0.1, -0.05) is 103 Å². The molecule has 6 nitrogen and oxygen atoms in total. The Morgan fingerprint density at radius 2 is 1.43 bits per heavy atom. The first-order valence-corrected chi connectivity index (χ1v) is 13.5. The van der Waals surface area contributed by atoms with Gasteiger partial charge in [0.1, 0.15) is 6.61 Å². The van der Waals surface area contributed by atoms with Crippen LogP contribution >= 0.6 is 0 Å². The Morgan fingerprint density at radius 1 is 0.750 bits per heavy atom. The van der Waals surface area contributed by atoms with Crippen LogP contribution in [0.1, 0.15) is 35.6 Å². The van der Waals surface area contributed by atoms with E-state index >= 15 is 0 Å². The van der Waals surface area contributed by atoms with Crippen molar-refractivity contribution < 1.29 is 19.0 Å². The summed E-state index contributed by atoms with van der Waals surface area (Å²) in [5, 5.41) is 0.875. The highest BCUT2D eigenvalue weighted by Crippen LogP contribution is 2.27. The molecule has 0 aliphatic rings. The van der Waals surface area contributed by atoms with Crippen molar-refractivity contribution in [2.24, 2.45) is 0 Å². The largest absolute Gasteiger partial charge is 0.477 e. The fourth-order valence-electron chi connectivity index (χ4n) is 4.30. The van der Waals surface area contributed by atoms with Crippen LogP contribution in [-0.4, -0.2) is 29.2 Å². The van der Waals surface area contributed by atoms with Crippen LogP contribution in [0.25, 0.3) is 22.3 Å². The molecule has 0 spiro atoms. The number of aryl methyl sites for hydroxylation is 1. The van der Waals surface area contributed by atoms with Gasteiger partial charge in [0, 0.05) is 12.2 Å². The average molecular weight is 533 g/mol. The van der Waals surface area contributed by atoms with Gasteiger partial charge in [0.25, 0.3) is 0 Å². The fraction of sp³-hybridized carbons (Fsp3) is 0.206. The zero-order valence-electron chi connectivity index (χ0n) is 22.5. The number of carbonyl (C=O) groups is 1. The SMILES string of the molecule is Cc1ccc(-c2nc(OCCCCOC(C(=O)OCc3ccccc3)c3ccccc3)c3ccccc3n2)cc1. The maximum absolute atomic E-state index is 12.9. The molecule has 4 aromatic carbocycles. The summed E-state index contributed by atoms with van der Waals surface area (Å²) in [5.74, 6) is 0.799. The second-order valence-electron chi connectivity index (χ2n) is 9.55. The van der Waals surface area contributed by atoms with Gasteiger partial charge < -0.3 is 14.2 Å². The van der Waals surface area contributed by atoms with Crippen molar-refractivity contribution in [2.45, 2.75) is 32.5 Å². The number of benzene rings is 4. The zero-order chi connectivity index (χ0) is 27.6. The lowest BCUT2D eigenvalue weighted by atomic mass is 10.1. The van der Waals surface area contributed by atoms with Gasteiger partial charge in [-0.2, -0.15) is 4.98 Å². The first-order valence-electron chi connectivity index (χ1n) is 13.5. The van der Waals surface area contributed by atoms with Gasteiger partial charge in [-0.15, -0.1) is 0 Å². The minimum Gasteiger partial charge on any atom is -0.477 e. The van der Waals surface area contributed by atoms with Crippen molar-refractivity contribution in [3.05, 3.63) is 126 Å². The summed E-state index contributed by atoms with van der Waals surface area (Å²) in [6, 6.07) is 35.1. The van der Waals surface area contributed by atoms with Crippen LogP contribution in [0.2, 0.25) is 0 Å². The number of ether oxygens (including phenoxy) is 3. The van der Waals surface area contributed by atoms with Crippen LogP contribution in [0.5, 0.6) is 5.88 Å². The molecule has 202 valence electrons. The van der Waals surface area contributed by atoms with Crippen LogP contribution in [-0.2, 0) is 20.9 Å². The summed E-state index contributed by atoms with van der Waals surface area (Å²) in [6.45, 7) is 3.12. The number of hydrogen-bond donors (Lipinski definition) is 0. The summed E-state index contributed by atoms with van der Waals surface area (Å²) in [7, 11) is 0. The molecule has 0 fully saturated rings. The van der Waals surface area contributed by atoms with E-state index in [-0.39, 0.29) is 6.61 Å². The van der Waals surface area contributed by atoms with E-state index in [1.165, 1.54) is 5.56 Å². The molecular formula is C34H32N2O4. The van der Waals surface area contributed by atoms with Gasteiger partial charge in [-0.3, -0.25) is 0 Å². The molecule has 0 saturated heterocycles. The van der Waals surface area contributed by atoms with Gasteiger partial charge in [0.15, 0.2) is 11.9 Å². The standard InChI is InChI=1S/C34H32N2O4/c1-25-18-20-28(21-19-25)32-35-30-17-9-8-16-29(30)33(36-32)39-23-11-10-22-38-31(27-14-6-3-7-15-27)34(37)40-24-26-12-4-2-5-13-26/h2-9,12-21,31H,10-11,22-24H2,1H3. The number of para-hydroxylation sites is 1. The van der Waals surface area contributed by atoms with Gasteiger partial charge >= 0.3 is 5.97 Å². The second-order valence-corrected chi connectivity index (χ2v) is 9.55. The van der Waals surface area contributed by atoms with Crippen LogP contribution in [0.4, 0.5) is 0 Å². The van der Waals surface area contributed by atoms with E-state index in [0.29, 0.717) is 31.3 Å². The lowest BCUT2D eigenvalue weighted by molar-refractivity contribution is -0.159. The number of esters is 1. The molecule has 0 aliphatic heterocycles. The Morgan fingerprint density at radius 3 is 2.20 bits per heavy atom. The highest BCUT2D eigenvalue weighted by atomic mass is 16.6. The van der Waals surface area contributed by atoms with Crippen molar-refractivity contribution in [3.8, 4) is 17.3 Å². The van der Waals surface area contributed by atoms with Gasteiger partial charge in [0.2, 0.25) is 5.88 Å². The lowest BCUT2D eigenvalue weighted by Crippen LogP contribution is -2.19. The molecule has 1 heterocycles. The summed E-state index contributed by atoms with van der Waals surface area (Å²) in [6.07, 6.45) is 0.663. The second kappa shape index (κ2) is 13.5. The molecule has 1 atom stereocenters. The monoisotopic (exact) mass is 532 g/mol. The summed E-state index contributed by atoms with van der Waals surface area (Å²) >= 11 is 0. The normalized spacial score (nSPS) is 11.7. The molecule has 1 unspecified atom stereocenters. The molecule has 6 heteroatoms. The van der Waals surface area contributed by atoms with E-state index in [0.717, 1.165) is 34.0 Å². The molecule has 5 aromatic rings. The molecular weight excluding hydrogens is 500 g/mol. The first kappa shape index (κ1) is 27.0. The molecule has 1 aromatic heterocycles. The molecule has 5 rings (SSSR count). The quantitative estimate of drug-likeness (QED) is 0.124. The topological polar surface area (TPSA) is 70.5 Å². The fourth-order valence-corrected chi connectivity index (χ4v) is 4.30. The van der Waals surface area contributed by atoms with Gasteiger partial charge in [-0.25, -0.2) is 9.78 Å². The van der Waals surface area contributed by atoms with E-state index in [4.69, 9.17) is 24.2 Å². The maximum Gasteiger partial charge on any atom is 0.340 e. The highest BCUT2D eigenvalue weighted by Gasteiger charge is 2.23. The predicted molar refractivity (Wildman–Crippen MR) is 156 cm³/mol. The third-order valence-electron chi connectivity index (χ3n) is 6.48. The van der Waals surface area contributed by atoms with Crippen molar-refractivity contribution >= 4 is 16.9 Å². The Hall–Kier alpha value is -4.55. The Bertz CT molecular complexity index is 1520. The van der Waals surface area contributed by atoms with E-state index in [9.17, 15) is 4.79 Å². The van der Waals surface area contributed by atoms with Gasteiger partial charge in [0.05, 0.1) is 17.5 Å². The number of fused-ring (bicyclic) bond motifs is 1. The van der Waals surface area contributed by atoms with Crippen molar-refractivity contribution in [1.82, 2.24) is 9.97 Å². The van der Waals surface area contributed by atoms with Gasteiger partial charge in [-0.05, 0) is 43.0 Å². The molecule has 0 radical (unpaired) electrons. The Kier molecular flexibility index (Phi) is 9.12. The Balaban J connectivity index is 1.17. The van der Waals surface area contributed by atoms with Crippen molar-refractivity contribution in [3.63, 3.8) is 0 Å². The molecule has 0 N–H and O–H groups in total. The molecule has 0 saturated carbocycles. The molecule has 40 heavy (non-hydrogen) atoms. The van der Waals surface area contributed by atoms with Crippen molar-refractivity contribution in [1.29, 1.82) is 0 Å². The van der Waals surface area contributed by atoms with Crippen LogP contribution in [0.3, 0.4) is 0 Å². The minimum atomic E-state index is -0.784. The summed E-state index contributed by atoms with van der Waals surface area (Å²) < 4.78 is 17.7. The number of hydrogen-bond acceptors (Lipinski definition) is 6. The summed E-state index contributed by atoms with van der Waals surface area (Å²) in [5.41, 5.74) is 4.67.